The number of nitrogens with one attached hydrogen (secondary N) is 1. The van der Waals surface area contributed by atoms with E-state index in [0.29, 0.717) is 17.0 Å². The second-order valence-corrected chi connectivity index (χ2v) is 5.16. The largest absolute Gasteiger partial charge is 0.495 e. The zero-order valence-corrected chi connectivity index (χ0v) is 12.5. The zero-order chi connectivity index (χ0) is 14.5. The Bertz CT molecular complexity index is 592. The molecule has 0 saturated carbocycles. The van der Waals surface area contributed by atoms with Gasteiger partial charge in [0, 0.05) is 10.0 Å². The molecule has 2 aromatic rings. The molecule has 0 fully saturated rings. The van der Waals surface area contributed by atoms with E-state index in [1.807, 2.05) is 18.2 Å². The molecular formula is C15H15BrFNO2. The molecule has 3 nitrogen and oxygen atoms in total. The van der Waals surface area contributed by atoms with Crippen molar-refractivity contribution in [2.24, 2.45) is 0 Å². The molecule has 5 heteroatoms. The Balaban J connectivity index is 2.31. The molecule has 0 amide bonds. The first-order valence-corrected chi connectivity index (χ1v) is 6.90. The van der Waals surface area contributed by atoms with Crippen molar-refractivity contribution in [2.45, 2.75) is 6.04 Å². The third kappa shape index (κ3) is 3.29. The van der Waals surface area contributed by atoms with E-state index >= 15 is 0 Å². The molecule has 2 aromatic carbocycles. The fraction of sp³-hybridized carbons (Fsp3) is 0.200. The number of aliphatic hydroxyl groups excluding tert-OH is 1. The molecular weight excluding hydrogens is 325 g/mol. The Hall–Kier alpha value is -1.59. The highest BCUT2D eigenvalue weighted by molar-refractivity contribution is 9.10. The number of benzene rings is 2. The van der Waals surface area contributed by atoms with Gasteiger partial charge in [0.15, 0.2) is 0 Å². The maximum atomic E-state index is 13.9. The van der Waals surface area contributed by atoms with Gasteiger partial charge in [0.25, 0.3) is 0 Å². The Morgan fingerprint density at radius 3 is 2.75 bits per heavy atom. The maximum Gasteiger partial charge on any atom is 0.141 e. The van der Waals surface area contributed by atoms with E-state index in [4.69, 9.17) is 4.74 Å². The number of hydrogen-bond donors (Lipinski definition) is 2. The summed E-state index contributed by atoms with van der Waals surface area (Å²) < 4.78 is 19.9. The van der Waals surface area contributed by atoms with Crippen LogP contribution in [0, 0.1) is 5.82 Å². The standard InChI is InChI=1S/C15H15BrFNO2/c1-20-15-5-3-2-4-13(15)18-14(9-19)11-8-10(16)6-7-12(11)17/h2-8,14,18-19H,9H2,1H3. The summed E-state index contributed by atoms with van der Waals surface area (Å²) in [5.74, 6) is 0.274. The van der Waals surface area contributed by atoms with Crippen molar-refractivity contribution in [1.29, 1.82) is 0 Å². The Labute approximate surface area is 125 Å². The molecule has 0 aliphatic carbocycles. The second kappa shape index (κ2) is 6.72. The highest BCUT2D eigenvalue weighted by Gasteiger charge is 2.16. The fourth-order valence-corrected chi connectivity index (χ4v) is 2.33. The van der Waals surface area contributed by atoms with Crippen LogP contribution in [0.1, 0.15) is 11.6 Å². The minimum Gasteiger partial charge on any atom is -0.495 e. The van der Waals surface area contributed by atoms with Crippen molar-refractivity contribution in [1.82, 2.24) is 0 Å². The molecule has 0 aliphatic rings. The molecule has 0 aliphatic heterocycles. The van der Waals surface area contributed by atoms with Crippen LogP contribution in [-0.4, -0.2) is 18.8 Å². The summed E-state index contributed by atoms with van der Waals surface area (Å²) >= 11 is 3.31. The number of methoxy groups -OCH3 is 1. The number of rotatable bonds is 5. The van der Waals surface area contributed by atoms with Crippen molar-refractivity contribution in [3.8, 4) is 5.75 Å². The molecule has 0 bridgehead atoms. The summed E-state index contributed by atoms with van der Waals surface area (Å²) in [6.45, 7) is -0.231. The normalized spacial score (nSPS) is 12.0. The summed E-state index contributed by atoms with van der Waals surface area (Å²) in [5, 5.41) is 12.6. The summed E-state index contributed by atoms with van der Waals surface area (Å²) in [5.41, 5.74) is 1.10. The van der Waals surface area contributed by atoms with Gasteiger partial charge in [-0.2, -0.15) is 0 Å². The van der Waals surface area contributed by atoms with Crippen molar-refractivity contribution in [2.75, 3.05) is 19.0 Å². The number of aliphatic hydroxyl groups is 1. The lowest BCUT2D eigenvalue weighted by Crippen LogP contribution is -2.16. The van der Waals surface area contributed by atoms with Crippen LogP contribution in [0.15, 0.2) is 46.9 Å². The molecule has 0 aromatic heterocycles. The zero-order valence-electron chi connectivity index (χ0n) is 10.9. The number of halogens is 2. The van der Waals surface area contributed by atoms with E-state index in [2.05, 4.69) is 21.2 Å². The van der Waals surface area contributed by atoms with Gasteiger partial charge in [0.2, 0.25) is 0 Å². The highest BCUT2D eigenvalue weighted by atomic mass is 79.9. The van der Waals surface area contributed by atoms with Crippen LogP contribution in [0.5, 0.6) is 5.75 Å². The number of hydrogen-bond acceptors (Lipinski definition) is 3. The predicted octanol–water partition coefficient (Wildman–Crippen LogP) is 3.74. The average Bonchev–Trinajstić information content (AvgIpc) is 2.48. The van der Waals surface area contributed by atoms with Crippen molar-refractivity contribution < 1.29 is 14.2 Å². The summed E-state index contributed by atoms with van der Waals surface area (Å²) in [6.07, 6.45) is 0. The van der Waals surface area contributed by atoms with E-state index in [1.165, 1.54) is 6.07 Å². The second-order valence-electron chi connectivity index (χ2n) is 4.25. The van der Waals surface area contributed by atoms with Crippen LogP contribution in [0.4, 0.5) is 10.1 Å². The third-order valence-corrected chi connectivity index (χ3v) is 3.45. The summed E-state index contributed by atoms with van der Waals surface area (Å²) in [6, 6.07) is 11.4. The summed E-state index contributed by atoms with van der Waals surface area (Å²) in [4.78, 5) is 0. The third-order valence-electron chi connectivity index (χ3n) is 2.95. The van der Waals surface area contributed by atoms with Crippen molar-refractivity contribution >= 4 is 21.6 Å². The van der Waals surface area contributed by atoms with Crippen LogP contribution in [0.3, 0.4) is 0 Å². The lowest BCUT2D eigenvalue weighted by Gasteiger charge is -2.20. The fourth-order valence-electron chi connectivity index (χ4n) is 1.95. The molecule has 0 radical (unpaired) electrons. The number of anilines is 1. The molecule has 106 valence electrons. The lowest BCUT2D eigenvalue weighted by molar-refractivity contribution is 0.273. The molecule has 0 spiro atoms. The monoisotopic (exact) mass is 339 g/mol. The van der Waals surface area contributed by atoms with Crippen LogP contribution in [0.25, 0.3) is 0 Å². The quantitative estimate of drug-likeness (QED) is 0.871. The minimum atomic E-state index is -0.552. The lowest BCUT2D eigenvalue weighted by atomic mass is 10.1. The molecule has 20 heavy (non-hydrogen) atoms. The average molecular weight is 340 g/mol. The number of ether oxygens (including phenoxy) is 1. The minimum absolute atomic E-state index is 0.231. The van der Waals surface area contributed by atoms with Gasteiger partial charge in [0.1, 0.15) is 11.6 Å². The highest BCUT2D eigenvalue weighted by Crippen LogP contribution is 2.29. The van der Waals surface area contributed by atoms with Gasteiger partial charge < -0.3 is 15.2 Å². The number of para-hydroxylation sites is 2. The van der Waals surface area contributed by atoms with Gasteiger partial charge in [-0.15, -0.1) is 0 Å². The topological polar surface area (TPSA) is 41.5 Å². The molecule has 2 rings (SSSR count). The van der Waals surface area contributed by atoms with Gasteiger partial charge >= 0.3 is 0 Å². The SMILES string of the molecule is COc1ccccc1NC(CO)c1cc(Br)ccc1F. The van der Waals surface area contributed by atoms with Crippen LogP contribution >= 0.6 is 15.9 Å². The van der Waals surface area contributed by atoms with Crippen LogP contribution < -0.4 is 10.1 Å². The van der Waals surface area contributed by atoms with E-state index in [0.717, 1.165) is 4.47 Å². The first-order valence-electron chi connectivity index (χ1n) is 6.11. The maximum absolute atomic E-state index is 13.9. The van der Waals surface area contributed by atoms with E-state index < -0.39 is 6.04 Å². The molecule has 0 saturated heterocycles. The Morgan fingerprint density at radius 1 is 1.30 bits per heavy atom. The van der Waals surface area contributed by atoms with Gasteiger partial charge in [-0.1, -0.05) is 28.1 Å². The molecule has 0 heterocycles. The van der Waals surface area contributed by atoms with Crippen LogP contribution in [0.2, 0.25) is 0 Å². The van der Waals surface area contributed by atoms with Crippen molar-refractivity contribution in [3.63, 3.8) is 0 Å². The van der Waals surface area contributed by atoms with Crippen molar-refractivity contribution in [3.05, 3.63) is 58.3 Å². The Morgan fingerprint density at radius 2 is 2.05 bits per heavy atom. The summed E-state index contributed by atoms with van der Waals surface area (Å²) in [7, 11) is 1.56. The smallest absolute Gasteiger partial charge is 0.141 e. The van der Waals surface area contributed by atoms with Gasteiger partial charge in [0.05, 0.1) is 25.4 Å². The van der Waals surface area contributed by atoms with Crippen LogP contribution in [-0.2, 0) is 0 Å². The van der Waals surface area contributed by atoms with E-state index in [-0.39, 0.29) is 12.4 Å². The molecule has 1 atom stereocenters. The van der Waals surface area contributed by atoms with Gasteiger partial charge in [-0.3, -0.25) is 0 Å². The van der Waals surface area contributed by atoms with Gasteiger partial charge in [-0.05, 0) is 30.3 Å². The van der Waals surface area contributed by atoms with E-state index in [9.17, 15) is 9.50 Å². The Kier molecular flexibility index (Phi) is 4.98. The van der Waals surface area contributed by atoms with Gasteiger partial charge in [-0.25, -0.2) is 4.39 Å². The first kappa shape index (κ1) is 14.8. The predicted molar refractivity (Wildman–Crippen MR) is 80.5 cm³/mol. The molecule has 1 unspecified atom stereocenters. The molecule has 2 N–H and O–H groups in total. The first-order chi connectivity index (χ1) is 9.65. The van der Waals surface area contributed by atoms with E-state index in [1.54, 1.807) is 25.3 Å².